The van der Waals surface area contributed by atoms with Crippen molar-refractivity contribution >= 4 is 43.7 Å². The summed E-state index contributed by atoms with van der Waals surface area (Å²) in [6.07, 6.45) is 1.90. The van der Waals surface area contributed by atoms with Crippen LogP contribution in [0.25, 0.3) is 55.2 Å². The second kappa shape index (κ2) is 9.58. The normalized spacial score (nSPS) is 12.2. The number of pyridine rings is 1. The molecule has 0 N–H and O–H groups in total. The van der Waals surface area contributed by atoms with Gasteiger partial charge in [0.2, 0.25) is 0 Å². The first-order valence-corrected chi connectivity index (χ1v) is 14.9. The molecule has 0 aliphatic rings. The first-order valence-electron chi connectivity index (χ1n) is 14.9. The molecule has 0 bridgehead atoms. The van der Waals surface area contributed by atoms with Gasteiger partial charge in [-0.1, -0.05) is 57.2 Å². The van der Waals surface area contributed by atoms with Crippen LogP contribution in [-0.2, 0) is 5.41 Å². The molecule has 6 nitrogen and oxygen atoms in total. The third-order valence-corrected chi connectivity index (χ3v) is 8.39. The summed E-state index contributed by atoms with van der Waals surface area (Å²) in [5, 5.41) is 9.19. The van der Waals surface area contributed by atoms with Crippen molar-refractivity contribution in [2.24, 2.45) is 0 Å². The molecule has 8 rings (SSSR count). The van der Waals surface area contributed by atoms with E-state index in [4.69, 9.17) is 19.2 Å². The minimum Gasteiger partial charge on any atom is -0.457 e. The molecule has 0 atom stereocenters. The van der Waals surface area contributed by atoms with E-state index in [-0.39, 0.29) is 5.41 Å². The predicted molar refractivity (Wildman–Crippen MR) is 178 cm³/mol. The van der Waals surface area contributed by atoms with Crippen LogP contribution in [0.3, 0.4) is 0 Å². The van der Waals surface area contributed by atoms with E-state index in [0.29, 0.717) is 5.75 Å². The lowest BCUT2D eigenvalue weighted by molar-refractivity contribution is 0.482. The quantitative estimate of drug-likeness (QED) is 0.209. The molecule has 6 heteroatoms. The van der Waals surface area contributed by atoms with Crippen LogP contribution >= 0.6 is 0 Å². The fourth-order valence-corrected chi connectivity index (χ4v) is 6.31. The van der Waals surface area contributed by atoms with E-state index in [2.05, 4.69) is 99.0 Å². The summed E-state index contributed by atoms with van der Waals surface area (Å²) in [5.41, 5.74) is 7.88. The Labute approximate surface area is 255 Å². The molecule has 0 unspecified atom stereocenters. The van der Waals surface area contributed by atoms with E-state index >= 15 is 0 Å². The van der Waals surface area contributed by atoms with Crippen molar-refractivity contribution in [1.29, 1.82) is 0 Å². The van der Waals surface area contributed by atoms with Crippen LogP contribution in [-0.4, -0.2) is 19.3 Å². The number of aryl methyl sites for hydroxylation is 2. The van der Waals surface area contributed by atoms with E-state index in [1.807, 2.05) is 48.1 Å². The molecule has 0 spiro atoms. The van der Waals surface area contributed by atoms with E-state index in [0.717, 1.165) is 67.0 Å². The number of furan rings is 1. The lowest BCUT2D eigenvalue weighted by Crippen LogP contribution is -2.12. The van der Waals surface area contributed by atoms with Gasteiger partial charge in [0.1, 0.15) is 28.5 Å². The Morgan fingerprint density at radius 2 is 1.48 bits per heavy atom. The molecule has 44 heavy (non-hydrogen) atoms. The maximum Gasteiger partial charge on any atom is 0.141 e. The SMILES string of the molecule is Cc1cc(C)n(-c2cc(Oc3ccc4c5ccccc5n(-c5cc(C(C)(C)C)ccn5)c4c3)cc3oc4ccccc4c23)n1. The van der Waals surface area contributed by atoms with Crippen molar-refractivity contribution in [1.82, 2.24) is 19.3 Å². The average Bonchev–Trinajstić information content (AvgIpc) is 3.66. The van der Waals surface area contributed by atoms with Gasteiger partial charge in [-0.05, 0) is 67.3 Å². The molecule has 4 aromatic heterocycles. The fraction of sp³-hybridized carbons (Fsp3) is 0.158. The molecule has 216 valence electrons. The lowest BCUT2D eigenvalue weighted by atomic mass is 9.88. The summed E-state index contributed by atoms with van der Waals surface area (Å²) in [7, 11) is 0. The number of nitrogens with zero attached hydrogens (tertiary/aromatic N) is 4. The van der Waals surface area contributed by atoms with Crippen molar-refractivity contribution in [2.75, 3.05) is 0 Å². The largest absolute Gasteiger partial charge is 0.457 e. The molecule has 0 fully saturated rings. The standard InChI is InChI=1S/C38H32N4O2/c1-23-18-24(2)42(40-23)33-21-27(22-35-37(33)30-11-7-9-13-34(30)44-35)43-26-14-15-29-28-10-6-8-12-31(28)41(32(29)20-26)36-19-25(16-17-39-36)38(3,4)5/h6-22H,1-5H3. The van der Waals surface area contributed by atoms with Gasteiger partial charge in [-0.15, -0.1) is 0 Å². The van der Waals surface area contributed by atoms with Crippen LogP contribution in [0.5, 0.6) is 11.5 Å². The van der Waals surface area contributed by atoms with E-state index in [1.165, 1.54) is 10.9 Å². The van der Waals surface area contributed by atoms with Gasteiger partial charge in [-0.3, -0.25) is 4.57 Å². The van der Waals surface area contributed by atoms with Crippen molar-refractivity contribution in [3.05, 3.63) is 120 Å². The molecule has 0 saturated carbocycles. The summed E-state index contributed by atoms with van der Waals surface area (Å²) in [6, 6.07) is 33.3. The van der Waals surface area contributed by atoms with Crippen molar-refractivity contribution < 1.29 is 9.15 Å². The monoisotopic (exact) mass is 576 g/mol. The Bertz CT molecular complexity index is 2380. The summed E-state index contributed by atoms with van der Waals surface area (Å²) in [5.74, 6) is 2.29. The first kappa shape index (κ1) is 26.3. The zero-order valence-electron chi connectivity index (χ0n) is 25.4. The molecule has 4 heterocycles. The summed E-state index contributed by atoms with van der Waals surface area (Å²) in [4.78, 5) is 4.82. The fourth-order valence-electron chi connectivity index (χ4n) is 6.31. The highest BCUT2D eigenvalue weighted by Crippen LogP contribution is 2.40. The van der Waals surface area contributed by atoms with Crippen LogP contribution in [0.1, 0.15) is 37.7 Å². The number of hydrogen-bond donors (Lipinski definition) is 0. The molecule has 0 aliphatic carbocycles. The first-order chi connectivity index (χ1) is 21.2. The second-order valence-electron chi connectivity index (χ2n) is 12.5. The summed E-state index contributed by atoms with van der Waals surface area (Å²) in [6.45, 7) is 10.8. The topological polar surface area (TPSA) is 58.0 Å². The Morgan fingerprint density at radius 3 is 2.27 bits per heavy atom. The molecular weight excluding hydrogens is 544 g/mol. The van der Waals surface area contributed by atoms with Crippen molar-refractivity contribution in [3.63, 3.8) is 0 Å². The number of ether oxygens (including phenoxy) is 1. The van der Waals surface area contributed by atoms with Gasteiger partial charge in [0.05, 0.1) is 27.8 Å². The van der Waals surface area contributed by atoms with E-state index < -0.39 is 0 Å². The van der Waals surface area contributed by atoms with Gasteiger partial charge in [0.25, 0.3) is 0 Å². The molecule has 0 aliphatic heterocycles. The number of para-hydroxylation sites is 2. The van der Waals surface area contributed by atoms with Crippen LogP contribution in [0.4, 0.5) is 0 Å². The van der Waals surface area contributed by atoms with Crippen molar-refractivity contribution in [3.8, 4) is 23.0 Å². The minimum atomic E-state index is 0.00317. The third-order valence-electron chi connectivity index (χ3n) is 8.39. The number of benzene rings is 4. The van der Waals surface area contributed by atoms with Crippen LogP contribution in [0.2, 0.25) is 0 Å². The van der Waals surface area contributed by atoms with Crippen LogP contribution in [0, 0.1) is 13.8 Å². The molecule has 8 aromatic rings. The second-order valence-corrected chi connectivity index (χ2v) is 12.5. The Kier molecular flexibility index (Phi) is 5.72. The van der Waals surface area contributed by atoms with Crippen molar-refractivity contribution in [2.45, 2.75) is 40.0 Å². The molecule has 0 saturated heterocycles. The molecular formula is C38H32N4O2. The lowest BCUT2D eigenvalue weighted by Gasteiger charge is -2.20. The molecule has 0 radical (unpaired) electrons. The minimum absolute atomic E-state index is 0.00317. The zero-order chi connectivity index (χ0) is 30.2. The highest BCUT2D eigenvalue weighted by molar-refractivity contribution is 6.10. The third kappa shape index (κ3) is 4.17. The van der Waals surface area contributed by atoms with E-state index in [9.17, 15) is 0 Å². The Balaban J connectivity index is 1.31. The van der Waals surface area contributed by atoms with Crippen LogP contribution < -0.4 is 4.74 Å². The van der Waals surface area contributed by atoms with Gasteiger partial charge < -0.3 is 9.15 Å². The average molecular weight is 577 g/mol. The van der Waals surface area contributed by atoms with E-state index in [1.54, 1.807) is 0 Å². The summed E-state index contributed by atoms with van der Waals surface area (Å²) >= 11 is 0. The van der Waals surface area contributed by atoms with Gasteiger partial charge in [0, 0.05) is 46.2 Å². The Hall–Kier alpha value is -5.36. The van der Waals surface area contributed by atoms with Gasteiger partial charge in [-0.2, -0.15) is 5.10 Å². The Morgan fingerprint density at radius 1 is 0.705 bits per heavy atom. The zero-order valence-corrected chi connectivity index (χ0v) is 25.4. The number of hydrogen-bond acceptors (Lipinski definition) is 4. The van der Waals surface area contributed by atoms with Crippen LogP contribution in [0.15, 0.2) is 108 Å². The molecule has 4 aromatic carbocycles. The number of aromatic nitrogens is 4. The van der Waals surface area contributed by atoms with Gasteiger partial charge in [0.15, 0.2) is 0 Å². The highest BCUT2D eigenvalue weighted by atomic mass is 16.5. The van der Waals surface area contributed by atoms with Gasteiger partial charge in [-0.25, -0.2) is 9.67 Å². The molecule has 0 amide bonds. The van der Waals surface area contributed by atoms with Gasteiger partial charge >= 0.3 is 0 Å². The predicted octanol–water partition coefficient (Wildman–Crippen LogP) is 9.97. The maximum absolute atomic E-state index is 6.63. The highest BCUT2D eigenvalue weighted by Gasteiger charge is 2.20. The summed E-state index contributed by atoms with van der Waals surface area (Å²) < 4.78 is 17.2. The smallest absolute Gasteiger partial charge is 0.141 e. The number of fused-ring (bicyclic) bond motifs is 6. The maximum atomic E-state index is 6.63. The number of rotatable bonds is 4.